The van der Waals surface area contributed by atoms with Crippen LogP contribution in [0.25, 0.3) is 0 Å². The number of nitrogens with one attached hydrogen (secondary N) is 1. The molecule has 0 saturated heterocycles. The molecule has 14 heavy (non-hydrogen) atoms. The minimum Gasteiger partial charge on any atom is -0.396 e. The van der Waals surface area contributed by atoms with Crippen LogP contribution in [0.1, 0.15) is 32.6 Å². The smallest absolute Gasteiger partial charge is 0.0555 e. The van der Waals surface area contributed by atoms with Gasteiger partial charge in [0, 0.05) is 19.7 Å². The van der Waals surface area contributed by atoms with E-state index in [2.05, 4.69) is 12.2 Å². The first-order chi connectivity index (χ1) is 6.83. The van der Waals surface area contributed by atoms with E-state index < -0.39 is 0 Å². The summed E-state index contributed by atoms with van der Waals surface area (Å²) in [5.41, 5.74) is 0. The maximum Gasteiger partial charge on any atom is 0.0555 e. The molecule has 0 radical (unpaired) electrons. The summed E-state index contributed by atoms with van der Waals surface area (Å²) in [6.45, 7) is 3.94. The first kappa shape index (κ1) is 16.3. The average Bonchev–Trinajstić information content (AvgIpc) is 2.21. The van der Waals surface area contributed by atoms with E-state index >= 15 is 0 Å². The average molecular weight is 207 g/mol. The van der Waals surface area contributed by atoms with Crippen LogP contribution in [0.3, 0.4) is 0 Å². The molecule has 0 aliphatic carbocycles. The van der Waals surface area contributed by atoms with Crippen LogP contribution in [0.15, 0.2) is 0 Å². The van der Waals surface area contributed by atoms with E-state index in [1.807, 2.05) is 0 Å². The molecule has 0 saturated carbocycles. The topological polar surface area (TPSA) is 72.7 Å². The van der Waals surface area contributed by atoms with Crippen molar-refractivity contribution in [3.8, 4) is 0 Å². The van der Waals surface area contributed by atoms with Crippen LogP contribution in [0.2, 0.25) is 0 Å². The Morgan fingerprint density at radius 3 is 1.71 bits per heavy atom. The van der Waals surface area contributed by atoms with Gasteiger partial charge in [-0.3, -0.25) is 0 Å². The molecule has 0 amide bonds. The lowest BCUT2D eigenvalue weighted by atomic mass is 10.2. The van der Waals surface area contributed by atoms with Gasteiger partial charge in [-0.25, -0.2) is 0 Å². The van der Waals surface area contributed by atoms with Gasteiger partial charge in [0.1, 0.15) is 0 Å². The minimum absolute atomic E-state index is 0.139. The Labute approximate surface area is 87.0 Å². The third kappa shape index (κ3) is 22.6. The Bertz CT molecular complexity index is 63.8. The highest BCUT2D eigenvalue weighted by Gasteiger charge is 1.81. The molecule has 0 atom stereocenters. The Morgan fingerprint density at radius 2 is 1.36 bits per heavy atom. The predicted octanol–water partition coefficient (Wildman–Crippen LogP) is 0.120. The van der Waals surface area contributed by atoms with E-state index in [0.29, 0.717) is 19.7 Å². The van der Waals surface area contributed by atoms with Crippen LogP contribution in [-0.2, 0) is 0 Å². The highest BCUT2D eigenvalue weighted by atomic mass is 16.3. The van der Waals surface area contributed by atoms with Crippen molar-refractivity contribution in [2.75, 3.05) is 32.9 Å². The van der Waals surface area contributed by atoms with Crippen molar-refractivity contribution in [3.05, 3.63) is 0 Å². The number of aliphatic hydroxyl groups is 3. The Balaban J connectivity index is 0. The lowest BCUT2D eigenvalue weighted by molar-refractivity contribution is 0.266. The van der Waals surface area contributed by atoms with Crippen molar-refractivity contribution >= 4 is 0 Å². The van der Waals surface area contributed by atoms with Gasteiger partial charge in [-0.15, -0.1) is 0 Å². The summed E-state index contributed by atoms with van der Waals surface area (Å²) in [5, 5.41) is 27.4. The zero-order chi connectivity index (χ0) is 11.1. The molecule has 0 fully saturated rings. The molecule has 0 aromatic heterocycles. The fourth-order valence-corrected chi connectivity index (χ4v) is 0.822. The molecule has 0 spiro atoms. The van der Waals surface area contributed by atoms with Crippen LogP contribution in [0, 0.1) is 0 Å². The fraction of sp³-hybridized carbons (Fsp3) is 1.00. The molecule has 88 valence electrons. The Kier molecular flexibility index (Phi) is 21.6. The summed E-state index contributed by atoms with van der Waals surface area (Å²) in [7, 11) is 0. The zero-order valence-electron chi connectivity index (χ0n) is 9.21. The molecular weight excluding hydrogens is 182 g/mol. The Morgan fingerprint density at radius 1 is 0.786 bits per heavy atom. The van der Waals surface area contributed by atoms with Crippen molar-refractivity contribution in [2.24, 2.45) is 0 Å². The largest absolute Gasteiger partial charge is 0.396 e. The summed E-state index contributed by atoms with van der Waals surface area (Å²) in [4.78, 5) is 0. The van der Waals surface area contributed by atoms with Gasteiger partial charge in [0.2, 0.25) is 0 Å². The third-order valence-electron chi connectivity index (χ3n) is 1.59. The summed E-state index contributed by atoms with van der Waals surface area (Å²) in [6, 6.07) is 0. The maximum absolute atomic E-state index is 8.29. The van der Waals surface area contributed by atoms with E-state index in [0.717, 1.165) is 6.42 Å². The van der Waals surface area contributed by atoms with Gasteiger partial charge in [-0.05, 0) is 6.42 Å². The van der Waals surface area contributed by atoms with Crippen LogP contribution < -0.4 is 5.32 Å². The molecule has 0 aliphatic heterocycles. The summed E-state index contributed by atoms with van der Waals surface area (Å²) in [6.07, 6.45) is 4.68. The number of unbranched alkanes of at least 4 members (excludes halogenated alkanes) is 3. The van der Waals surface area contributed by atoms with Crippen LogP contribution in [0.5, 0.6) is 0 Å². The second-order valence-electron chi connectivity index (χ2n) is 2.98. The summed E-state index contributed by atoms with van der Waals surface area (Å²) < 4.78 is 0. The van der Waals surface area contributed by atoms with Crippen LogP contribution in [0.4, 0.5) is 0 Å². The zero-order valence-corrected chi connectivity index (χ0v) is 9.21. The molecule has 0 aliphatic rings. The monoisotopic (exact) mass is 207 g/mol. The second kappa shape index (κ2) is 18.6. The van der Waals surface area contributed by atoms with Crippen LogP contribution >= 0.6 is 0 Å². The number of hydrogen-bond donors (Lipinski definition) is 4. The quantitative estimate of drug-likeness (QED) is 0.427. The van der Waals surface area contributed by atoms with E-state index in [1.54, 1.807) is 0 Å². The highest BCUT2D eigenvalue weighted by Crippen LogP contribution is 1.95. The van der Waals surface area contributed by atoms with Crippen molar-refractivity contribution in [1.82, 2.24) is 5.32 Å². The normalized spacial score (nSPS) is 9.43. The van der Waals surface area contributed by atoms with Gasteiger partial charge >= 0.3 is 0 Å². The molecule has 0 bridgehead atoms. The van der Waals surface area contributed by atoms with Crippen LogP contribution in [-0.4, -0.2) is 48.2 Å². The van der Waals surface area contributed by atoms with Crippen molar-refractivity contribution in [1.29, 1.82) is 0 Å². The van der Waals surface area contributed by atoms with Gasteiger partial charge in [0.15, 0.2) is 0 Å². The number of rotatable bonds is 8. The van der Waals surface area contributed by atoms with Gasteiger partial charge in [0.25, 0.3) is 0 Å². The molecule has 0 aromatic carbocycles. The fourth-order valence-electron chi connectivity index (χ4n) is 0.822. The third-order valence-corrected chi connectivity index (χ3v) is 1.59. The maximum atomic E-state index is 8.29. The highest BCUT2D eigenvalue weighted by molar-refractivity contribution is 4.39. The number of hydrogen-bond acceptors (Lipinski definition) is 4. The van der Waals surface area contributed by atoms with Crippen molar-refractivity contribution in [2.45, 2.75) is 32.6 Å². The summed E-state index contributed by atoms with van der Waals surface area (Å²) in [5.74, 6) is 0. The van der Waals surface area contributed by atoms with Gasteiger partial charge in [-0.2, -0.15) is 0 Å². The molecule has 0 aromatic rings. The molecule has 4 nitrogen and oxygen atoms in total. The summed E-state index contributed by atoms with van der Waals surface area (Å²) >= 11 is 0. The predicted molar refractivity (Wildman–Crippen MR) is 58.3 cm³/mol. The lowest BCUT2D eigenvalue weighted by Gasteiger charge is -1.94. The Hall–Kier alpha value is -0.160. The van der Waals surface area contributed by atoms with Gasteiger partial charge in [-0.1, -0.05) is 26.2 Å². The molecule has 4 heteroatoms. The SMILES string of the molecule is CCCCCCO.OCCNCCO. The van der Waals surface area contributed by atoms with Gasteiger partial charge < -0.3 is 20.6 Å². The van der Waals surface area contributed by atoms with Crippen molar-refractivity contribution in [3.63, 3.8) is 0 Å². The standard InChI is InChI=1S/C6H14O.C4H11NO2/c1-2-3-4-5-6-7;6-3-1-5-2-4-7/h7H,2-6H2,1H3;5-7H,1-4H2. The van der Waals surface area contributed by atoms with E-state index in [1.165, 1.54) is 19.3 Å². The second-order valence-corrected chi connectivity index (χ2v) is 2.98. The molecule has 0 unspecified atom stereocenters. The molecule has 0 rings (SSSR count). The number of aliphatic hydroxyl groups excluding tert-OH is 3. The first-order valence-electron chi connectivity index (χ1n) is 5.36. The van der Waals surface area contributed by atoms with Crippen molar-refractivity contribution < 1.29 is 15.3 Å². The molecule has 0 heterocycles. The van der Waals surface area contributed by atoms with Gasteiger partial charge in [0.05, 0.1) is 13.2 Å². The van der Waals surface area contributed by atoms with E-state index in [9.17, 15) is 0 Å². The first-order valence-corrected chi connectivity index (χ1v) is 5.36. The van der Waals surface area contributed by atoms with E-state index in [4.69, 9.17) is 15.3 Å². The lowest BCUT2D eigenvalue weighted by Crippen LogP contribution is -2.21. The molecular formula is C10H25NO3. The minimum atomic E-state index is 0.139. The van der Waals surface area contributed by atoms with E-state index in [-0.39, 0.29) is 13.2 Å². The molecule has 4 N–H and O–H groups in total.